The van der Waals surface area contributed by atoms with Gasteiger partial charge in [0.05, 0.1) is 11.9 Å². The van der Waals surface area contributed by atoms with Gasteiger partial charge in [-0.3, -0.25) is 9.97 Å². The zero-order valence-corrected chi connectivity index (χ0v) is 13.7. The lowest BCUT2D eigenvalue weighted by Crippen LogP contribution is -2.35. The van der Waals surface area contributed by atoms with Crippen molar-refractivity contribution < 1.29 is 0 Å². The van der Waals surface area contributed by atoms with E-state index in [1.165, 1.54) is 0 Å². The molecule has 0 amide bonds. The van der Waals surface area contributed by atoms with Crippen LogP contribution in [0, 0.1) is 0 Å². The largest absolute Gasteiger partial charge is 0.356 e. The molecule has 25 heavy (non-hydrogen) atoms. The van der Waals surface area contributed by atoms with Gasteiger partial charge in [-0.25, -0.2) is 19.9 Å². The maximum absolute atomic E-state index is 4.59. The Kier molecular flexibility index (Phi) is 4.40. The third-order valence-electron chi connectivity index (χ3n) is 4.23. The van der Waals surface area contributed by atoms with Crippen molar-refractivity contribution in [2.45, 2.75) is 18.8 Å². The van der Waals surface area contributed by atoms with Gasteiger partial charge in [-0.1, -0.05) is 0 Å². The standard InChI is InChI=1S/C17H18N8/c1-2-13(11-25(9-1)15-3-4-19-12-23-15)16-17(22-8-7-21-16)24-14-10-18-5-6-20-14/h3-8,10,12-13H,1-2,9,11H2,(H,20,22,24). The highest BCUT2D eigenvalue weighted by molar-refractivity contribution is 5.54. The number of hydrogen-bond acceptors (Lipinski definition) is 8. The Labute approximate surface area is 145 Å². The van der Waals surface area contributed by atoms with Crippen LogP contribution in [0.1, 0.15) is 24.5 Å². The van der Waals surface area contributed by atoms with E-state index < -0.39 is 0 Å². The molecule has 1 aliphatic rings. The molecule has 3 aromatic rings. The fourth-order valence-corrected chi connectivity index (χ4v) is 3.11. The van der Waals surface area contributed by atoms with Crippen molar-refractivity contribution in [2.24, 2.45) is 0 Å². The number of hydrogen-bond donors (Lipinski definition) is 1. The van der Waals surface area contributed by atoms with E-state index in [4.69, 9.17) is 0 Å². The van der Waals surface area contributed by atoms with Gasteiger partial charge >= 0.3 is 0 Å². The van der Waals surface area contributed by atoms with Gasteiger partial charge in [0.2, 0.25) is 0 Å². The van der Waals surface area contributed by atoms with Gasteiger partial charge in [-0.05, 0) is 18.9 Å². The summed E-state index contributed by atoms with van der Waals surface area (Å²) in [6.07, 6.45) is 13.9. The van der Waals surface area contributed by atoms with Crippen molar-refractivity contribution in [2.75, 3.05) is 23.3 Å². The molecule has 1 N–H and O–H groups in total. The fraction of sp³-hybridized carbons (Fsp3) is 0.294. The zero-order valence-electron chi connectivity index (χ0n) is 13.7. The highest BCUT2D eigenvalue weighted by Gasteiger charge is 2.26. The predicted octanol–water partition coefficient (Wildman–Crippen LogP) is 2.18. The minimum absolute atomic E-state index is 0.275. The minimum atomic E-state index is 0.275. The molecule has 4 heterocycles. The molecule has 1 unspecified atom stereocenters. The zero-order chi connectivity index (χ0) is 16.9. The lowest BCUT2D eigenvalue weighted by Gasteiger charge is -2.33. The number of aromatic nitrogens is 6. The van der Waals surface area contributed by atoms with E-state index in [1.807, 2.05) is 6.07 Å². The third-order valence-corrected chi connectivity index (χ3v) is 4.23. The predicted molar refractivity (Wildman–Crippen MR) is 93.6 cm³/mol. The second-order valence-electron chi connectivity index (χ2n) is 5.86. The summed E-state index contributed by atoms with van der Waals surface area (Å²) < 4.78 is 0. The van der Waals surface area contributed by atoms with Crippen molar-refractivity contribution in [1.29, 1.82) is 0 Å². The van der Waals surface area contributed by atoms with E-state index >= 15 is 0 Å². The Balaban J connectivity index is 1.57. The van der Waals surface area contributed by atoms with E-state index in [1.54, 1.807) is 43.5 Å². The molecular weight excluding hydrogens is 316 g/mol. The first-order chi connectivity index (χ1) is 12.4. The maximum Gasteiger partial charge on any atom is 0.153 e. The van der Waals surface area contributed by atoms with Crippen LogP contribution < -0.4 is 10.2 Å². The summed E-state index contributed by atoms with van der Waals surface area (Å²) >= 11 is 0. The lowest BCUT2D eigenvalue weighted by molar-refractivity contribution is 0.498. The molecule has 0 aliphatic carbocycles. The Morgan fingerprint density at radius 3 is 2.72 bits per heavy atom. The fourth-order valence-electron chi connectivity index (χ4n) is 3.11. The molecule has 4 rings (SSSR count). The Morgan fingerprint density at radius 2 is 1.88 bits per heavy atom. The highest BCUT2D eigenvalue weighted by atomic mass is 15.2. The molecule has 3 aromatic heterocycles. The first-order valence-corrected chi connectivity index (χ1v) is 8.25. The molecule has 126 valence electrons. The summed E-state index contributed by atoms with van der Waals surface area (Å²) in [5, 5.41) is 3.23. The number of piperidine rings is 1. The molecule has 0 aromatic carbocycles. The van der Waals surface area contributed by atoms with E-state index in [9.17, 15) is 0 Å². The second-order valence-corrected chi connectivity index (χ2v) is 5.86. The normalized spacial score (nSPS) is 17.3. The number of nitrogens with zero attached hydrogens (tertiary/aromatic N) is 7. The Bertz CT molecular complexity index is 811. The van der Waals surface area contributed by atoms with Crippen LogP contribution >= 0.6 is 0 Å². The van der Waals surface area contributed by atoms with Crippen molar-refractivity contribution in [3.05, 3.63) is 55.3 Å². The topological polar surface area (TPSA) is 92.6 Å². The van der Waals surface area contributed by atoms with Gasteiger partial charge in [0.1, 0.15) is 18.0 Å². The van der Waals surface area contributed by atoms with Crippen LogP contribution in [0.5, 0.6) is 0 Å². The number of rotatable bonds is 4. The van der Waals surface area contributed by atoms with Gasteiger partial charge < -0.3 is 10.2 Å². The van der Waals surface area contributed by atoms with Crippen LogP contribution in [0.3, 0.4) is 0 Å². The molecule has 0 saturated carbocycles. The van der Waals surface area contributed by atoms with Crippen LogP contribution in [-0.4, -0.2) is 43.0 Å². The monoisotopic (exact) mass is 334 g/mol. The average Bonchev–Trinajstić information content (AvgIpc) is 2.70. The van der Waals surface area contributed by atoms with E-state index in [0.717, 1.165) is 43.3 Å². The van der Waals surface area contributed by atoms with E-state index in [-0.39, 0.29) is 5.92 Å². The molecule has 1 atom stereocenters. The van der Waals surface area contributed by atoms with E-state index in [2.05, 4.69) is 40.1 Å². The van der Waals surface area contributed by atoms with Crippen LogP contribution in [0.25, 0.3) is 0 Å². The summed E-state index contributed by atoms with van der Waals surface area (Å²) in [6.45, 7) is 1.84. The molecule has 1 aliphatic heterocycles. The Morgan fingerprint density at radius 1 is 0.960 bits per heavy atom. The first-order valence-electron chi connectivity index (χ1n) is 8.25. The first kappa shape index (κ1) is 15.4. The van der Waals surface area contributed by atoms with Gasteiger partial charge in [0.15, 0.2) is 5.82 Å². The van der Waals surface area contributed by atoms with Crippen LogP contribution in [0.2, 0.25) is 0 Å². The van der Waals surface area contributed by atoms with Gasteiger partial charge in [0, 0.05) is 50.0 Å². The molecule has 0 spiro atoms. The van der Waals surface area contributed by atoms with Crippen molar-refractivity contribution in [1.82, 2.24) is 29.9 Å². The van der Waals surface area contributed by atoms with Gasteiger partial charge in [0.25, 0.3) is 0 Å². The molecule has 0 radical (unpaired) electrons. The highest BCUT2D eigenvalue weighted by Crippen LogP contribution is 2.31. The summed E-state index contributed by atoms with van der Waals surface area (Å²) in [4.78, 5) is 28.0. The number of anilines is 3. The van der Waals surface area contributed by atoms with Crippen LogP contribution in [0.4, 0.5) is 17.5 Å². The lowest BCUT2D eigenvalue weighted by atomic mass is 9.94. The quantitative estimate of drug-likeness (QED) is 0.776. The second kappa shape index (κ2) is 7.16. The average molecular weight is 334 g/mol. The third kappa shape index (κ3) is 3.52. The molecule has 8 heteroatoms. The van der Waals surface area contributed by atoms with E-state index in [0.29, 0.717) is 5.82 Å². The summed E-state index contributed by atoms with van der Waals surface area (Å²) in [5.41, 5.74) is 0.951. The molecule has 8 nitrogen and oxygen atoms in total. The molecule has 1 fully saturated rings. The summed E-state index contributed by atoms with van der Waals surface area (Å²) in [7, 11) is 0. The maximum atomic E-state index is 4.59. The SMILES string of the molecule is c1cc(N2CCCC(c3nccnc3Nc3cnccn3)C2)ncn1. The summed E-state index contributed by atoms with van der Waals surface area (Å²) in [6, 6.07) is 1.94. The van der Waals surface area contributed by atoms with Crippen molar-refractivity contribution >= 4 is 17.5 Å². The Hall–Kier alpha value is -3.16. The van der Waals surface area contributed by atoms with Crippen molar-refractivity contribution in [3.63, 3.8) is 0 Å². The molecular formula is C17H18N8. The minimum Gasteiger partial charge on any atom is -0.356 e. The molecule has 1 saturated heterocycles. The summed E-state index contributed by atoms with van der Waals surface area (Å²) in [5.74, 6) is 2.62. The van der Waals surface area contributed by atoms with Crippen molar-refractivity contribution in [3.8, 4) is 0 Å². The van der Waals surface area contributed by atoms with Gasteiger partial charge in [-0.15, -0.1) is 0 Å². The van der Waals surface area contributed by atoms with Gasteiger partial charge in [-0.2, -0.15) is 0 Å². The smallest absolute Gasteiger partial charge is 0.153 e. The van der Waals surface area contributed by atoms with Crippen LogP contribution in [-0.2, 0) is 0 Å². The molecule has 0 bridgehead atoms. The van der Waals surface area contributed by atoms with Crippen LogP contribution in [0.15, 0.2) is 49.6 Å². The number of nitrogens with one attached hydrogen (secondary N) is 1.